The molecule has 3 aliphatic heterocycles. The summed E-state index contributed by atoms with van der Waals surface area (Å²) < 4.78 is 0. The second kappa shape index (κ2) is 5.49. The third-order valence-electron chi connectivity index (χ3n) is 4.65. The van der Waals surface area contributed by atoms with Crippen LogP contribution in [0.2, 0.25) is 0 Å². The van der Waals surface area contributed by atoms with Gasteiger partial charge < -0.3 is 15.5 Å². The number of rotatable bonds is 2. The van der Waals surface area contributed by atoms with Crippen LogP contribution in [-0.2, 0) is 9.59 Å². The maximum atomic E-state index is 12.3. The number of hydrogen-bond acceptors (Lipinski definition) is 3. The molecule has 0 aromatic carbocycles. The molecule has 0 spiro atoms. The van der Waals surface area contributed by atoms with Crippen molar-refractivity contribution in [3.8, 4) is 0 Å². The summed E-state index contributed by atoms with van der Waals surface area (Å²) in [5, 5.41) is 6.42. The number of amides is 2. The molecule has 0 aliphatic carbocycles. The minimum atomic E-state index is -0.0174. The zero-order valence-corrected chi connectivity index (χ0v) is 11.4. The molecule has 3 rings (SSSR count). The van der Waals surface area contributed by atoms with Crippen molar-refractivity contribution < 1.29 is 9.59 Å². The van der Waals surface area contributed by atoms with Gasteiger partial charge in [0.05, 0.1) is 6.54 Å². The number of carbonyl (C=O) groups is 2. The summed E-state index contributed by atoms with van der Waals surface area (Å²) in [7, 11) is 0. The Balaban J connectivity index is 1.54. The number of carbonyl (C=O) groups excluding carboxylic acids is 2. The highest BCUT2D eigenvalue weighted by Crippen LogP contribution is 2.32. The SMILES string of the molecule is O=C1CN(C(=O)CC2CC3CCC(C2)N3)CCCN1. The van der Waals surface area contributed by atoms with Gasteiger partial charge in [-0.2, -0.15) is 0 Å². The van der Waals surface area contributed by atoms with Crippen LogP contribution in [-0.4, -0.2) is 48.4 Å². The first-order chi connectivity index (χ1) is 9.20. The zero-order chi connectivity index (χ0) is 13.2. The predicted molar refractivity (Wildman–Crippen MR) is 71.5 cm³/mol. The maximum absolute atomic E-state index is 12.3. The Hall–Kier alpha value is -1.10. The Labute approximate surface area is 114 Å². The van der Waals surface area contributed by atoms with E-state index in [1.165, 1.54) is 12.8 Å². The van der Waals surface area contributed by atoms with Crippen molar-refractivity contribution in [1.29, 1.82) is 0 Å². The molecule has 3 heterocycles. The molecule has 3 saturated heterocycles. The van der Waals surface area contributed by atoms with E-state index in [0.717, 1.165) is 25.8 Å². The van der Waals surface area contributed by atoms with Gasteiger partial charge in [-0.3, -0.25) is 9.59 Å². The average molecular weight is 265 g/mol. The zero-order valence-electron chi connectivity index (χ0n) is 11.4. The third-order valence-corrected chi connectivity index (χ3v) is 4.65. The Morgan fingerprint density at radius 1 is 1.26 bits per heavy atom. The van der Waals surface area contributed by atoms with Gasteiger partial charge in [0.1, 0.15) is 0 Å². The normalized spacial score (nSPS) is 34.8. The van der Waals surface area contributed by atoms with Gasteiger partial charge in [0, 0.05) is 31.6 Å². The van der Waals surface area contributed by atoms with E-state index in [2.05, 4.69) is 10.6 Å². The van der Waals surface area contributed by atoms with E-state index < -0.39 is 0 Å². The van der Waals surface area contributed by atoms with E-state index in [1.807, 2.05) is 0 Å². The summed E-state index contributed by atoms with van der Waals surface area (Å²) in [5.41, 5.74) is 0. The maximum Gasteiger partial charge on any atom is 0.239 e. The molecule has 3 aliphatic rings. The molecule has 0 aromatic heterocycles. The van der Waals surface area contributed by atoms with E-state index in [-0.39, 0.29) is 18.4 Å². The lowest BCUT2D eigenvalue weighted by Crippen LogP contribution is -2.42. The topological polar surface area (TPSA) is 61.4 Å². The Bertz CT molecular complexity index is 360. The second-order valence-corrected chi connectivity index (χ2v) is 6.20. The van der Waals surface area contributed by atoms with Gasteiger partial charge in [-0.1, -0.05) is 0 Å². The van der Waals surface area contributed by atoms with Gasteiger partial charge in [0.25, 0.3) is 0 Å². The molecule has 2 amide bonds. The van der Waals surface area contributed by atoms with Gasteiger partial charge in [0.2, 0.25) is 11.8 Å². The Morgan fingerprint density at radius 2 is 2.00 bits per heavy atom. The van der Waals surface area contributed by atoms with Crippen LogP contribution >= 0.6 is 0 Å². The number of fused-ring (bicyclic) bond motifs is 2. The summed E-state index contributed by atoms with van der Waals surface area (Å²) in [6, 6.07) is 1.26. The first kappa shape index (κ1) is 12.9. The fourth-order valence-electron chi connectivity index (χ4n) is 3.74. The van der Waals surface area contributed by atoms with Gasteiger partial charge >= 0.3 is 0 Å². The average Bonchev–Trinajstić information content (AvgIpc) is 2.60. The van der Waals surface area contributed by atoms with Crippen LogP contribution in [0.5, 0.6) is 0 Å². The predicted octanol–water partition coefficient (Wildman–Crippen LogP) is 0.256. The van der Waals surface area contributed by atoms with Crippen molar-refractivity contribution in [1.82, 2.24) is 15.5 Å². The van der Waals surface area contributed by atoms with Crippen LogP contribution < -0.4 is 10.6 Å². The molecule has 106 valence electrons. The second-order valence-electron chi connectivity index (χ2n) is 6.20. The molecular weight excluding hydrogens is 242 g/mol. The highest BCUT2D eigenvalue weighted by atomic mass is 16.2. The monoisotopic (exact) mass is 265 g/mol. The quantitative estimate of drug-likeness (QED) is 0.752. The molecule has 19 heavy (non-hydrogen) atoms. The number of hydrogen-bond donors (Lipinski definition) is 2. The van der Waals surface area contributed by atoms with Gasteiger partial charge in [-0.25, -0.2) is 0 Å². The lowest BCUT2D eigenvalue weighted by molar-refractivity contribution is -0.136. The van der Waals surface area contributed by atoms with Crippen LogP contribution in [0, 0.1) is 5.92 Å². The number of piperidine rings is 1. The van der Waals surface area contributed by atoms with Gasteiger partial charge in [-0.05, 0) is 38.0 Å². The van der Waals surface area contributed by atoms with Crippen molar-refractivity contribution in [2.75, 3.05) is 19.6 Å². The Kier molecular flexibility index (Phi) is 3.73. The van der Waals surface area contributed by atoms with E-state index in [1.54, 1.807) is 4.90 Å². The molecule has 0 saturated carbocycles. The van der Waals surface area contributed by atoms with Crippen molar-refractivity contribution in [2.45, 2.75) is 50.6 Å². The lowest BCUT2D eigenvalue weighted by atomic mass is 9.89. The summed E-state index contributed by atoms with van der Waals surface area (Å²) in [5.74, 6) is 0.664. The first-order valence-electron chi connectivity index (χ1n) is 7.51. The standard InChI is InChI=1S/C14H23N3O2/c18-13-9-17(5-1-4-15-13)14(19)8-10-6-11-2-3-12(7-10)16-11/h10-12,16H,1-9H2,(H,15,18). The van der Waals surface area contributed by atoms with E-state index in [4.69, 9.17) is 0 Å². The van der Waals surface area contributed by atoms with E-state index in [9.17, 15) is 9.59 Å². The van der Waals surface area contributed by atoms with Crippen molar-refractivity contribution in [2.24, 2.45) is 5.92 Å². The third kappa shape index (κ3) is 3.08. The summed E-state index contributed by atoms with van der Waals surface area (Å²) in [4.78, 5) is 25.6. The largest absolute Gasteiger partial charge is 0.354 e. The molecule has 2 bridgehead atoms. The van der Waals surface area contributed by atoms with Crippen molar-refractivity contribution in [3.63, 3.8) is 0 Å². The molecule has 3 fully saturated rings. The Morgan fingerprint density at radius 3 is 2.74 bits per heavy atom. The van der Waals surface area contributed by atoms with E-state index in [0.29, 0.717) is 31.0 Å². The molecule has 2 atom stereocenters. The minimum absolute atomic E-state index is 0.0174. The van der Waals surface area contributed by atoms with Crippen LogP contribution in [0.3, 0.4) is 0 Å². The molecule has 5 heteroatoms. The minimum Gasteiger partial charge on any atom is -0.354 e. The van der Waals surface area contributed by atoms with Crippen molar-refractivity contribution >= 4 is 11.8 Å². The lowest BCUT2D eigenvalue weighted by Gasteiger charge is -2.30. The van der Waals surface area contributed by atoms with Crippen LogP contribution in [0.1, 0.15) is 38.5 Å². The molecule has 0 aromatic rings. The van der Waals surface area contributed by atoms with E-state index >= 15 is 0 Å². The van der Waals surface area contributed by atoms with Gasteiger partial charge in [0.15, 0.2) is 0 Å². The smallest absolute Gasteiger partial charge is 0.239 e. The molecule has 0 radical (unpaired) electrons. The fraction of sp³-hybridized carbons (Fsp3) is 0.857. The molecule has 5 nitrogen and oxygen atoms in total. The van der Waals surface area contributed by atoms with Gasteiger partial charge in [-0.15, -0.1) is 0 Å². The first-order valence-corrected chi connectivity index (χ1v) is 7.51. The highest BCUT2D eigenvalue weighted by molar-refractivity contribution is 5.85. The molecule has 2 unspecified atom stereocenters. The fourth-order valence-corrected chi connectivity index (χ4v) is 3.74. The number of nitrogens with zero attached hydrogens (tertiary/aromatic N) is 1. The van der Waals surface area contributed by atoms with Crippen LogP contribution in [0.4, 0.5) is 0 Å². The highest BCUT2D eigenvalue weighted by Gasteiger charge is 2.35. The van der Waals surface area contributed by atoms with Crippen LogP contribution in [0.15, 0.2) is 0 Å². The number of nitrogens with one attached hydrogen (secondary N) is 2. The van der Waals surface area contributed by atoms with Crippen LogP contribution in [0.25, 0.3) is 0 Å². The summed E-state index contributed by atoms with van der Waals surface area (Å²) in [6.45, 7) is 1.66. The molecule has 2 N–H and O–H groups in total. The molecular formula is C14H23N3O2. The summed E-state index contributed by atoms with van der Waals surface area (Å²) >= 11 is 0. The summed E-state index contributed by atoms with van der Waals surface area (Å²) in [6.07, 6.45) is 6.28. The van der Waals surface area contributed by atoms with Crippen molar-refractivity contribution in [3.05, 3.63) is 0 Å².